The van der Waals surface area contributed by atoms with Gasteiger partial charge in [-0.3, -0.25) is 0 Å². The predicted octanol–water partition coefficient (Wildman–Crippen LogP) is 7.82. The molecule has 0 aliphatic heterocycles. The number of rotatable bonds is 11. The molecule has 0 spiro atoms. The topological polar surface area (TPSA) is 0 Å². The quantitative estimate of drug-likeness (QED) is 0.247. The summed E-state index contributed by atoms with van der Waals surface area (Å²) in [5.41, 5.74) is 2.56. The normalized spacial score (nSPS) is 12.9. The standard InChI is InChI=1S/C28H42P2/c1-7-29(8-2,9-3)27-21-17-25(18-22-27)15-13-14-16-26-19-23-28(24-20-26)30(10-4,11-5)12-6/h13-24H,7-12H2,1-6H3/q+2. The average molecular weight is 441 g/mol. The molecule has 30 heavy (non-hydrogen) atoms. The molecule has 0 aliphatic carbocycles. The van der Waals surface area contributed by atoms with E-state index >= 15 is 0 Å². The van der Waals surface area contributed by atoms with Gasteiger partial charge in [-0.2, -0.15) is 0 Å². The fourth-order valence-electron chi connectivity index (χ4n) is 4.57. The predicted molar refractivity (Wildman–Crippen MR) is 147 cm³/mol. The Labute approximate surface area is 187 Å². The molecule has 0 N–H and O–H groups in total. The van der Waals surface area contributed by atoms with Crippen LogP contribution in [0.2, 0.25) is 0 Å². The molecule has 162 valence electrons. The van der Waals surface area contributed by atoms with Crippen LogP contribution in [0, 0.1) is 0 Å². The van der Waals surface area contributed by atoms with Crippen molar-refractivity contribution in [1.82, 2.24) is 0 Å². The molecule has 0 saturated carbocycles. The van der Waals surface area contributed by atoms with Gasteiger partial charge in [0.15, 0.2) is 0 Å². The summed E-state index contributed by atoms with van der Waals surface area (Å²) in [4.78, 5) is 0. The van der Waals surface area contributed by atoms with E-state index in [9.17, 15) is 0 Å². The van der Waals surface area contributed by atoms with Crippen LogP contribution in [0.3, 0.4) is 0 Å². The molecule has 2 rings (SSSR count). The van der Waals surface area contributed by atoms with E-state index in [1.165, 1.54) is 48.1 Å². The van der Waals surface area contributed by atoms with Gasteiger partial charge in [0.05, 0.1) is 47.6 Å². The third kappa shape index (κ3) is 5.72. The molecule has 0 aromatic heterocycles. The number of hydrogen-bond acceptors (Lipinski definition) is 0. The van der Waals surface area contributed by atoms with Gasteiger partial charge in [-0.25, -0.2) is 0 Å². The molecular weight excluding hydrogens is 398 g/mol. The second-order valence-corrected chi connectivity index (χ2v) is 17.5. The van der Waals surface area contributed by atoms with E-state index in [0.717, 1.165) is 0 Å². The van der Waals surface area contributed by atoms with Crippen molar-refractivity contribution in [1.29, 1.82) is 0 Å². The van der Waals surface area contributed by atoms with Crippen molar-refractivity contribution >= 4 is 37.3 Å². The second-order valence-electron chi connectivity index (χ2n) is 8.09. The average Bonchev–Trinajstić information content (AvgIpc) is 2.81. The number of allylic oxidation sites excluding steroid dienone is 2. The monoisotopic (exact) mass is 440 g/mol. The highest BCUT2D eigenvalue weighted by atomic mass is 31.2. The van der Waals surface area contributed by atoms with Crippen molar-refractivity contribution < 1.29 is 0 Å². The van der Waals surface area contributed by atoms with Gasteiger partial charge in [-0.15, -0.1) is 0 Å². The summed E-state index contributed by atoms with van der Waals surface area (Å²) in [6.07, 6.45) is 16.6. The fourth-order valence-corrected chi connectivity index (χ4v) is 11.0. The Balaban J connectivity index is 2.05. The highest BCUT2D eigenvalue weighted by molar-refractivity contribution is 7.83. The zero-order valence-corrected chi connectivity index (χ0v) is 21.9. The van der Waals surface area contributed by atoms with Gasteiger partial charge in [0.1, 0.15) is 0 Å². The van der Waals surface area contributed by atoms with Crippen LogP contribution in [0.25, 0.3) is 12.2 Å². The molecular formula is C28H42P2+2. The van der Waals surface area contributed by atoms with Crippen molar-refractivity contribution in [3.05, 3.63) is 71.8 Å². The van der Waals surface area contributed by atoms with E-state index < -0.39 is 14.5 Å². The molecule has 2 heteroatoms. The maximum Gasteiger partial charge on any atom is 0.0939 e. The molecule has 0 fully saturated rings. The summed E-state index contributed by atoms with van der Waals surface area (Å²) >= 11 is 0. The summed E-state index contributed by atoms with van der Waals surface area (Å²) in [6.45, 7) is 14.2. The van der Waals surface area contributed by atoms with Crippen LogP contribution in [-0.4, -0.2) is 37.0 Å². The molecule has 0 nitrogen and oxygen atoms in total. The largest absolute Gasteiger partial charge is 0.0939 e. The van der Waals surface area contributed by atoms with Gasteiger partial charge in [0.25, 0.3) is 0 Å². The van der Waals surface area contributed by atoms with Crippen molar-refractivity contribution in [3.8, 4) is 0 Å². The summed E-state index contributed by atoms with van der Waals surface area (Å²) in [6, 6.07) is 18.6. The van der Waals surface area contributed by atoms with E-state index in [0.29, 0.717) is 0 Å². The Kier molecular flexibility index (Phi) is 10.0. The van der Waals surface area contributed by atoms with Crippen LogP contribution in [-0.2, 0) is 0 Å². The van der Waals surface area contributed by atoms with E-state index in [2.05, 4.69) is 114 Å². The summed E-state index contributed by atoms with van der Waals surface area (Å²) in [5, 5.41) is 3.18. The van der Waals surface area contributed by atoms with Crippen molar-refractivity contribution in [2.45, 2.75) is 41.5 Å². The zero-order valence-electron chi connectivity index (χ0n) is 20.1. The smallest absolute Gasteiger partial charge is 0.0617 e. The molecule has 0 aliphatic rings. The molecule has 2 aromatic rings. The molecule has 0 radical (unpaired) electrons. The number of hydrogen-bond donors (Lipinski definition) is 0. The first-order valence-corrected chi connectivity index (χ1v) is 16.5. The van der Waals surface area contributed by atoms with E-state index in [1.54, 1.807) is 10.6 Å². The minimum absolute atomic E-state index is 0.942. The first-order valence-electron chi connectivity index (χ1n) is 11.8. The van der Waals surface area contributed by atoms with Crippen LogP contribution in [0.15, 0.2) is 60.7 Å². The van der Waals surface area contributed by atoms with Gasteiger partial charge in [-0.1, -0.05) is 48.6 Å². The van der Waals surface area contributed by atoms with Gasteiger partial charge >= 0.3 is 0 Å². The summed E-state index contributed by atoms with van der Waals surface area (Å²) in [7, 11) is -1.88. The molecule has 0 saturated heterocycles. The lowest BCUT2D eigenvalue weighted by molar-refractivity contribution is 1.32. The van der Waals surface area contributed by atoms with Crippen molar-refractivity contribution in [2.24, 2.45) is 0 Å². The highest BCUT2D eigenvalue weighted by Gasteiger charge is 2.34. The zero-order chi connectivity index (χ0) is 22.0. The Morgan fingerprint density at radius 1 is 0.467 bits per heavy atom. The minimum atomic E-state index is -0.942. The van der Waals surface area contributed by atoms with Crippen LogP contribution in [0.5, 0.6) is 0 Å². The molecule has 0 atom stereocenters. The van der Waals surface area contributed by atoms with Crippen LogP contribution < -0.4 is 10.6 Å². The first kappa shape index (κ1) is 25.0. The van der Waals surface area contributed by atoms with Gasteiger partial charge < -0.3 is 0 Å². The van der Waals surface area contributed by atoms with Crippen molar-refractivity contribution in [2.75, 3.05) is 37.0 Å². The molecule has 0 amide bonds. The fraction of sp³-hybridized carbons (Fsp3) is 0.429. The Hall–Kier alpha value is -1.22. The Morgan fingerprint density at radius 2 is 0.733 bits per heavy atom. The van der Waals surface area contributed by atoms with Gasteiger partial charge in [-0.05, 0) is 76.9 Å². The molecule has 0 bridgehead atoms. The third-order valence-electron chi connectivity index (χ3n) is 7.20. The maximum atomic E-state index is 2.37. The Morgan fingerprint density at radius 3 is 0.967 bits per heavy atom. The van der Waals surface area contributed by atoms with Gasteiger partial charge in [0.2, 0.25) is 0 Å². The van der Waals surface area contributed by atoms with Gasteiger partial charge in [0, 0.05) is 14.5 Å². The van der Waals surface area contributed by atoms with E-state index in [4.69, 9.17) is 0 Å². The lowest BCUT2D eigenvalue weighted by atomic mass is 10.2. The lowest BCUT2D eigenvalue weighted by Crippen LogP contribution is -2.17. The lowest BCUT2D eigenvalue weighted by Gasteiger charge is -2.23. The number of benzene rings is 2. The third-order valence-corrected chi connectivity index (χ3v) is 17.3. The second kappa shape index (κ2) is 12.0. The maximum absolute atomic E-state index is 2.37. The van der Waals surface area contributed by atoms with E-state index in [1.807, 2.05) is 0 Å². The molecule has 2 aromatic carbocycles. The summed E-state index contributed by atoms with van der Waals surface area (Å²) < 4.78 is 0. The van der Waals surface area contributed by atoms with Crippen LogP contribution in [0.4, 0.5) is 0 Å². The summed E-state index contributed by atoms with van der Waals surface area (Å²) in [5.74, 6) is 0. The Bertz CT molecular complexity index is 717. The highest BCUT2D eigenvalue weighted by Crippen LogP contribution is 2.57. The molecule has 0 unspecified atom stereocenters. The van der Waals surface area contributed by atoms with Crippen LogP contribution >= 0.6 is 14.5 Å². The van der Waals surface area contributed by atoms with E-state index in [-0.39, 0.29) is 0 Å². The SMILES string of the molecule is CC[P+](CC)(CC)c1ccc(C=CC=Cc2ccc([P+](CC)(CC)CC)cc2)cc1. The minimum Gasteiger partial charge on any atom is -0.0617 e. The first-order chi connectivity index (χ1) is 14.5. The van der Waals surface area contributed by atoms with Crippen LogP contribution in [0.1, 0.15) is 52.7 Å². The van der Waals surface area contributed by atoms with Crippen molar-refractivity contribution in [3.63, 3.8) is 0 Å². The molecule has 0 heterocycles.